The first-order valence-electron chi connectivity index (χ1n) is 5.82. The molecule has 3 heteroatoms. The van der Waals surface area contributed by atoms with Crippen LogP contribution < -0.4 is 0 Å². The highest BCUT2D eigenvalue weighted by Gasteiger charge is 2.27. The molecule has 0 aliphatic rings. The number of thiophene rings is 1. The van der Waals surface area contributed by atoms with Gasteiger partial charge in [-0.3, -0.25) is 4.79 Å². The predicted octanol–water partition coefficient (Wildman–Crippen LogP) is 4.00. The lowest BCUT2D eigenvalue weighted by molar-refractivity contribution is -0.120. The van der Waals surface area contributed by atoms with Crippen molar-refractivity contribution in [2.75, 3.05) is 0 Å². The molecule has 0 radical (unpaired) electrons. The van der Waals surface area contributed by atoms with Crippen LogP contribution in [-0.4, -0.2) is 5.78 Å². The van der Waals surface area contributed by atoms with Crippen LogP contribution in [0.4, 0.5) is 0 Å². The summed E-state index contributed by atoms with van der Waals surface area (Å²) in [6.07, 6.45) is 0.472. The molecule has 17 heavy (non-hydrogen) atoms. The second-order valence-corrected chi connectivity index (χ2v) is 6.49. The maximum absolute atomic E-state index is 12.1. The fourth-order valence-electron chi connectivity index (χ4n) is 1.48. The molecule has 2 nitrogen and oxygen atoms in total. The van der Waals surface area contributed by atoms with Crippen LogP contribution in [0.5, 0.6) is 0 Å². The number of carbonyl (C=O) groups is 1. The van der Waals surface area contributed by atoms with E-state index in [0.717, 1.165) is 4.88 Å². The quantitative estimate of drug-likeness (QED) is 0.809. The van der Waals surface area contributed by atoms with E-state index >= 15 is 0 Å². The number of carbonyl (C=O) groups excluding carboxylic acids is 1. The third-order valence-electron chi connectivity index (χ3n) is 3.26. The topological polar surface area (TPSA) is 40.9 Å². The summed E-state index contributed by atoms with van der Waals surface area (Å²) in [5, 5.41) is 11.0. The summed E-state index contributed by atoms with van der Waals surface area (Å²) < 4.78 is 0. The van der Waals surface area contributed by atoms with Crippen LogP contribution in [0.1, 0.15) is 44.9 Å². The molecule has 1 aromatic heterocycles. The van der Waals surface area contributed by atoms with Crippen molar-refractivity contribution >= 4 is 17.1 Å². The van der Waals surface area contributed by atoms with E-state index in [0.29, 0.717) is 6.42 Å². The Morgan fingerprint density at radius 3 is 2.59 bits per heavy atom. The number of hydrogen-bond acceptors (Lipinski definition) is 3. The number of rotatable bonds is 4. The van der Waals surface area contributed by atoms with Gasteiger partial charge in [0, 0.05) is 11.3 Å². The molecule has 2 atom stereocenters. The largest absolute Gasteiger partial charge is 0.298 e. The number of Topliss-reactive ketones (excluding diaryl/α,β-unsaturated/α-hetero) is 1. The molecule has 0 spiro atoms. The van der Waals surface area contributed by atoms with E-state index in [1.165, 1.54) is 11.3 Å². The number of ketones is 1. The Bertz CT molecular complexity index is 408. The zero-order valence-electron chi connectivity index (χ0n) is 10.9. The second kappa shape index (κ2) is 5.46. The van der Waals surface area contributed by atoms with Crippen molar-refractivity contribution in [3.05, 3.63) is 22.4 Å². The van der Waals surface area contributed by atoms with Crippen LogP contribution in [0.3, 0.4) is 0 Å². The number of nitrogens with zero attached hydrogens (tertiary/aromatic N) is 1. The zero-order valence-corrected chi connectivity index (χ0v) is 11.7. The summed E-state index contributed by atoms with van der Waals surface area (Å²) in [5.41, 5.74) is 0.102. The van der Waals surface area contributed by atoms with Gasteiger partial charge in [0.1, 0.15) is 5.92 Å². The van der Waals surface area contributed by atoms with Crippen molar-refractivity contribution in [3.63, 3.8) is 0 Å². The van der Waals surface area contributed by atoms with Gasteiger partial charge in [-0.25, -0.2) is 0 Å². The first-order valence-corrected chi connectivity index (χ1v) is 6.70. The van der Waals surface area contributed by atoms with Gasteiger partial charge in [-0.1, -0.05) is 33.8 Å². The minimum atomic E-state index is -0.584. The predicted molar refractivity (Wildman–Crippen MR) is 70.9 cm³/mol. The molecule has 1 rings (SSSR count). The Kier molecular flexibility index (Phi) is 4.47. The summed E-state index contributed by atoms with van der Waals surface area (Å²) in [7, 11) is 0. The smallest absolute Gasteiger partial charge is 0.155 e. The van der Waals surface area contributed by atoms with Gasteiger partial charge in [-0.2, -0.15) is 5.26 Å². The van der Waals surface area contributed by atoms with Crippen LogP contribution in [0, 0.1) is 22.7 Å². The van der Waals surface area contributed by atoms with Gasteiger partial charge < -0.3 is 0 Å². The van der Waals surface area contributed by atoms with Crippen molar-refractivity contribution in [2.24, 2.45) is 11.3 Å². The fraction of sp³-hybridized carbons (Fsp3) is 0.571. The highest BCUT2D eigenvalue weighted by molar-refractivity contribution is 7.10. The highest BCUT2D eigenvalue weighted by atomic mass is 32.1. The Hall–Kier alpha value is -1.14. The lowest BCUT2D eigenvalue weighted by Gasteiger charge is -2.27. The summed E-state index contributed by atoms with van der Waals surface area (Å²) in [4.78, 5) is 13.0. The van der Waals surface area contributed by atoms with Crippen molar-refractivity contribution in [1.82, 2.24) is 0 Å². The molecular formula is C14H19NOS. The van der Waals surface area contributed by atoms with E-state index in [9.17, 15) is 4.79 Å². The van der Waals surface area contributed by atoms with Crippen molar-refractivity contribution in [2.45, 2.75) is 40.0 Å². The Morgan fingerprint density at radius 1 is 1.53 bits per heavy atom. The molecule has 0 aliphatic carbocycles. The van der Waals surface area contributed by atoms with E-state index in [1.807, 2.05) is 17.5 Å². The van der Waals surface area contributed by atoms with E-state index in [2.05, 4.69) is 33.8 Å². The van der Waals surface area contributed by atoms with E-state index in [4.69, 9.17) is 5.26 Å². The molecule has 0 bridgehead atoms. The molecule has 0 aliphatic heterocycles. The average Bonchev–Trinajstić information content (AvgIpc) is 2.70. The van der Waals surface area contributed by atoms with Gasteiger partial charge in [0.25, 0.3) is 0 Å². The Morgan fingerprint density at radius 2 is 2.18 bits per heavy atom. The Balaban J connectivity index is 2.73. The SMILES string of the molecule is CC(CC(=O)C(C#N)c1cccs1)C(C)(C)C. The molecule has 0 saturated carbocycles. The van der Waals surface area contributed by atoms with Gasteiger partial charge in [-0.05, 0) is 22.8 Å². The number of hydrogen-bond donors (Lipinski definition) is 0. The second-order valence-electron chi connectivity index (χ2n) is 5.52. The maximum Gasteiger partial charge on any atom is 0.155 e. The van der Waals surface area contributed by atoms with E-state index in [-0.39, 0.29) is 17.1 Å². The van der Waals surface area contributed by atoms with Crippen molar-refractivity contribution < 1.29 is 4.79 Å². The third-order valence-corrected chi connectivity index (χ3v) is 4.20. The minimum absolute atomic E-state index is 0.0392. The first-order chi connectivity index (χ1) is 7.86. The van der Waals surface area contributed by atoms with Gasteiger partial charge in [0.15, 0.2) is 5.78 Å². The first kappa shape index (κ1) is 13.9. The van der Waals surface area contributed by atoms with Crippen LogP contribution in [0.15, 0.2) is 17.5 Å². The zero-order chi connectivity index (χ0) is 13.1. The molecular weight excluding hydrogens is 230 g/mol. The van der Waals surface area contributed by atoms with Gasteiger partial charge >= 0.3 is 0 Å². The maximum atomic E-state index is 12.1. The molecule has 0 amide bonds. The molecule has 0 fully saturated rings. The van der Waals surface area contributed by atoms with Gasteiger partial charge in [0.2, 0.25) is 0 Å². The number of nitriles is 1. The van der Waals surface area contributed by atoms with Crippen LogP contribution in [-0.2, 0) is 4.79 Å². The normalized spacial score (nSPS) is 15.0. The van der Waals surface area contributed by atoms with E-state index in [1.54, 1.807) is 0 Å². The molecule has 0 N–H and O–H groups in total. The molecule has 1 aromatic rings. The lowest BCUT2D eigenvalue weighted by Crippen LogP contribution is -2.22. The fourth-order valence-corrected chi connectivity index (χ4v) is 2.27. The lowest BCUT2D eigenvalue weighted by atomic mass is 9.78. The van der Waals surface area contributed by atoms with Crippen LogP contribution >= 0.6 is 11.3 Å². The van der Waals surface area contributed by atoms with Crippen LogP contribution in [0.2, 0.25) is 0 Å². The van der Waals surface area contributed by atoms with Gasteiger partial charge in [0.05, 0.1) is 6.07 Å². The van der Waals surface area contributed by atoms with Crippen LogP contribution in [0.25, 0.3) is 0 Å². The summed E-state index contributed by atoms with van der Waals surface area (Å²) in [6, 6.07) is 5.86. The monoisotopic (exact) mass is 249 g/mol. The standard InChI is InChI=1S/C14H19NOS/c1-10(14(2,3)4)8-12(16)11(9-15)13-6-5-7-17-13/h5-7,10-11H,8H2,1-4H3. The molecule has 92 valence electrons. The van der Waals surface area contributed by atoms with E-state index < -0.39 is 5.92 Å². The molecule has 2 unspecified atom stereocenters. The summed E-state index contributed by atoms with van der Waals surface area (Å²) >= 11 is 1.48. The molecule has 0 saturated heterocycles. The third kappa shape index (κ3) is 3.67. The minimum Gasteiger partial charge on any atom is -0.298 e. The van der Waals surface area contributed by atoms with Crippen molar-refractivity contribution in [1.29, 1.82) is 5.26 Å². The van der Waals surface area contributed by atoms with Gasteiger partial charge in [-0.15, -0.1) is 11.3 Å². The average molecular weight is 249 g/mol. The summed E-state index contributed by atoms with van der Waals surface area (Å²) in [6.45, 7) is 8.44. The highest BCUT2D eigenvalue weighted by Crippen LogP contribution is 2.31. The van der Waals surface area contributed by atoms with Crippen molar-refractivity contribution in [3.8, 4) is 6.07 Å². The molecule has 0 aromatic carbocycles. The summed E-state index contributed by atoms with van der Waals surface area (Å²) in [5.74, 6) is -0.261. The Labute approximate surface area is 107 Å². The molecule has 1 heterocycles.